The van der Waals surface area contributed by atoms with Crippen LogP contribution >= 0.6 is 0 Å². The highest BCUT2D eigenvalue weighted by molar-refractivity contribution is 5.94. The molecule has 0 aliphatic rings. The van der Waals surface area contributed by atoms with Crippen molar-refractivity contribution < 1.29 is 14.3 Å². The van der Waals surface area contributed by atoms with Gasteiger partial charge >= 0.3 is 0 Å². The summed E-state index contributed by atoms with van der Waals surface area (Å²) in [5.41, 5.74) is 5.97. The van der Waals surface area contributed by atoms with Gasteiger partial charge in [0.05, 0.1) is 18.9 Å². The first-order valence-corrected chi connectivity index (χ1v) is 8.75. The van der Waals surface area contributed by atoms with Crippen LogP contribution in [0, 0.1) is 6.92 Å². The maximum Gasteiger partial charge on any atom is 0.272 e. The normalized spacial score (nSPS) is 10.6. The maximum atomic E-state index is 11.9. The fourth-order valence-electron chi connectivity index (χ4n) is 2.46. The second-order valence-electron chi connectivity index (χ2n) is 6.13. The average Bonchev–Trinajstić information content (AvgIpc) is 2.74. The van der Waals surface area contributed by atoms with Crippen LogP contribution in [0.4, 0.5) is 0 Å². The van der Waals surface area contributed by atoms with Crippen LogP contribution in [-0.2, 0) is 6.61 Å². The zero-order chi connectivity index (χ0) is 19.8. The highest BCUT2D eigenvalue weighted by Gasteiger charge is 2.06. The van der Waals surface area contributed by atoms with Crippen molar-refractivity contribution in [2.24, 2.45) is 5.10 Å². The third-order valence-corrected chi connectivity index (χ3v) is 4.01. The molecule has 0 saturated carbocycles. The second kappa shape index (κ2) is 9.32. The first kappa shape index (κ1) is 19.1. The van der Waals surface area contributed by atoms with E-state index in [1.54, 1.807) is 37.7 Å². The summed E-state index contributed by atoms with van der Waals surface area (Å²) in [7, 11) is 1.58. The summed E-state index contributed by atoms with van der Waals surface area (Å²) in [4.78, 5) is 15.8. The van der Waals surface area contributed by atoms with Gasteiger partial charge in [-0.05, 0) is 48.4 Å². The Kier molecular flexibility index (Phi) is 6.36. The Morgan fingerprint density at radius 2 is 1.96 bits per heavy atom. The Hall–Kier alpha value is -3.67. The fourth-order valence-corrected chi connectivity index (χ4v) is 2.46. The van der Waals surface area contributed by atoms with E-state index in [0.717, 1.165) is 11.1 Å². The summed E-state index contributed by atoms with van der Waals surface area (Å²) >= 11 is 0. The zero-order valence-corrected chi connectivity index (χ0v) is 15.8. The minimum Gasteiger partial charge on any atom is -0.493 e. The first-order valence-electron chi connectivity index (χ1n) is 8.75. The molecule has 0 aliphatic carbocycles. The number of amides is 1. The highest BCUT2D eigenvalue weighted by Crippen LogP contribution is 2.28. The molecule has 0 atom stereocenters. The molecule has 6 heteroatoms. The molecule has 28 heavy (non-hydrogen) atoms. The number of nitrogens with one attached hydrogen (secondary N) is 1. The minimum atomic E-state index is -0.325. The van der Waals surface area contributed by atoms with Crippen LogP contribution in [0.2, 0.25) is 0 Å². The zero-order valence-electron chi connectivity index (χ0n) is 15.8. The summed E-state index contributed by atoms with van der Waals surface area (Å²) in [5, 5.41) is 3.98. The number of nitrogens with zero attached hydrogens (tertiary/aromatic N) is 2. The van der Waals surface area contributed by atoms with Gasteiger partial charge in [0.2, 0.25) is 0 Å². The van der Waals surface area contributed by atoms with Crippen LogP contribution in [0.3, 0.4) is 0 Å². The topological polar surface area (TPSA) is 72.8 Å². The molecule has 1 heterocycles. The largest absolute Gasteiger partial charge is 0.493 e. The van der Waals surface area contributed by atoms with E-state index < -0.39 is 0 Å². The van der Waals surface area contributed by atoms with E-state index in [1.807, 2.05) is 31.2 Å². The van der Waals surface area contributed by atoms with Crippen LogP contribution in [0.5, 0.6) is 11.5 Å². The lowest BCUT2D eigenvalue weighted by Crippen LogP contribution is -2.17. The molecule has 142 valence electrons. The molecule has 1 aromatic heterocycles. The van der Waals surface area contributed by atoms with Gasteiger partial charge in [-0.15, -0.1) is 0 Å². The van der Waals surface area contributed by atoms with Crippen molar-refractivity contribution in [3.63, 3.8) is 0 Å². The van der Waals surface area contributed by atoms with Gasteiger partial charge in [0.25, 0.3) is 5.91 Å². The minimum absolute atomic E-state index is 0.325. The number of benzene rings is 2. The number of hydrogen-bond acceptors (Lipinski definition) is 5. The summed E-state index contributed by atoms with van der Waals surface area (Å²) in [6, 6.07) is 17.0. The number of carbonyl (C=O) groups excluding carboxylic acids is 1. The molecule has 0 saturated heterocycles. The second-order valence-corrected chi connectivity index (χ2v) is 6.13. The first-order chi connectivity index (χ1) is 13.7. The van der Waals surface area contributed by atoms with Crippen molar-refractivity contribution >= 4 is 12.1 Å². The SMILES string of the molecule is COc1cc(/C=N\NC(=O)c2cccnc2)ccc1OCc1ccc(C)cc1. The van der Waals surface area contributed by atoms with Crippen molar-refractivity contribution in [1.29, 1.82) is 0 Å². The van der Waals surface area contributed by atoms with E-state index in [-0.39, 0.29) is 5.91 Å². The third-order valence-electron chi connectivity index (χ3n) is 4.01. The molecule has 0 bridgehead atoms. The quantitative estimate of drug-likeness (QED) is 0.504. The number of ether oxygens (including phenoxy) is 2. The maximum absolute atomic E-state index is 11.9. The van der Waals surface area contributed by atoms with E-state index >= 15 is 0 Å². The van der Waals surface area contributed by atoms with Crippen LogP contribution < -0.4 is 14.9 Å². The van der Waals surface area contributed by atoms with Gasteiger partial charge in [0.15, 0.2) is 11.5 Å². The lowest BCUT2D eigenvalue weighted by molar-refractivity contribution is 0.0955. The number of pyridine rings is 1. The number of carbonyl (C=O) groups is 1. The smallest absolute Gasteiger partial charge is 0.272 e. The molecule has 1 amide bonds. The predicted molar refractivity (Wildman–Crippen MR) is 108 cm³/mol. The predicted octanol–water partition coefficient (Wildman–Crippen LogP) is 3.74. The molecule has 0 radical (unpaired) electrons. The van der Waals surface area contributed by atoms with Gasteiger partial charge in [-0.3, -0.25) is 9.78 Å². The van der Waals surface area contributed by atoms with E-state index in [0.29, 0.717) is 23.7 Å². The number of rotatable bonds is 7. The molecule has 2 aromatic carbocycles. The number of hydrogen-bond donors (Lipinski definition) is 1. The van der Waals surface area contributed by atoms with Gasteiger partial charge in [-0.2, -0.15) is 5.10 Å². The molecular formula is C22H21N3O3. The van der Waals surface area contributed by atoms with Crippen molar-refractivity contribution in [1.82, 2.24) is 10.4 Å². The molecule has 0 unspecified atom stereocenters. The molecule has 0 spiro atoms. The monoisotopic (exact) mass is 375 g/mol. The summed E-state index contributed by atoms with van der Waals surface area (Å²) in [6.07, 6.45) is 4.63. The standard InChI is InChI=1S/C22H21N3O3/c1-16-5-7-17(8-6-16)15-28-20-10-9-18(12-21(20)27-2)13-24-25-22(26)19-4-3-11-23-14-19/h3-14H,15H2,1-2H3,(H,25,26)/b24-13-. The van der Waals surface area contributed by atoms with Crippen LogP contribution in [0.25, 0.3) is 0 Å². The molecular weight excluding hydrogens is 354 g/mol. The van der Waals surface area contributed by atoms with Crippen LogP contribution in [0.15, 0.2) is 72.1 Å². The third kappa shape index (κ3) is 5.17. The van der Waals surface area contributed by atoms with Crippen LogP contribution in [0.1, 0.15) is 27.0 Å². The van der Waals surface area contributed by atoms with Crippen molar-refractivity contribution in [2.75, 3.05) is 7.11 Å². The number of methoxy groups -OCH3 is 1. The van der Waals surface area contributed by atoms with Crippen molar-refractivity contribution in [3.8, 4) is 11.5 Å². The van der Waals surface area contributed by atoms with E-state index in [4.69, 9.17) is 9.47 Å². The molecule has 3 rings (SSSR count). The van der Waals surface area contributed by atoms with Gasteiger partial charge in [0.1, 0.15) is 6.61 Å². The fraction of sp³-hybridized carbons (Fsp3) is 0.136. The molecule has 3 aromatic rings. The molecule has 0 fully saturated rings. The van der Waals surface area contributed by atoms with Crippen molar-refractivity contribution in [2.45, 2.75) is 13.5 Å². The van der Waals surface area contributed by atoms with E-state index in [1.165, 1.54) is 11.8 Å². The summed E-state index contributed by atoms with van der Waals surface area (Å²) in [5.74, 6) is 0.906. The average molecular weight is 375 g/mol. The Morgan fingerprint density at radius 1 is 1.14 bits per heavy atom. The van der Waals surface area contributed by atoms with Gasteiger partial charge < -0.3 is 9.47 Å². The summed E-state index contributed by atoms with van der Waals surface area (Å²) < 4.78 is 11.3. The Labute approximate surface area is 163 Å². The van der Waals surface area contributed by atoms with Crippen LogP contribution in [-0.4, -0.2) is 24.2 Å². The van der Waals surface area contributed by atoms with Gasteiger partial charge in [0, 0.05) is 12.4 Å². The van der Waals surface area contributed by atoms with E-state index in [2.05, 4.69) is 27.6 Å². The Morgan fingerprint density at radius 3 is 2.68 bits per heavy atom. The Balaban J connectivity index is 1.62. The van der Waals surface area contributed by atoms with Gasteiger partial charge in [-0.1, -0.05) is 29.8 Å². The summed E-state index contributed by atoms with van der Waals surface area (Å²) in [6.45, 7) is 2.50. The lowest BCUT2D eigenvalue weighted by atomic mass is 10.2. The Bertz CT molecular complexity index is 955. The van der Waals surface area contributed by atoms with E-state index in [9.17, 15) is 4.79 Å². The number of aryl methyl sites for hydroxylation is 1. The highest BCUT2D eigenvalue weighted by atomic mass is 16.5. The van der Waals surface area contributed by atoms with Gasteiger partial charge in [-0.25, -0.2) is 5.43 Å². The number of aromatic nitrogens is 1. The molecule has 6 nitrogen and oxygen atoms in total. The molecule has 0 aliphatic heterocycles. The van der Waals surface area contributed by atoms with Crippen molar-refractivity contribution in [3.05, 3.63) is 89.2 Å². The lowest BCUT2D eigenvalue weighted by Gasteiger charge is -2.11. The number of hydrazone groups is 1. The molecule has 1 N–H and O–H groups in total.